The fourth-order valence-electron chi connectivity index (χ4n) is 2.12. The van der Waals surface area contributed by atoms with Gasteiger partial charge in [0.2, 0.25) is 5.90 Å². The Morgan fingerprint density at radius 2 is 2.17 bits per heavy atom. The van der Waals surface area contributed by atoms with Crippen LogP contribution in [0.1, 0.15) is 17.4 Å². The first kappa shape index (κ1) is 15.3. The van der Waals surface area contributed by atoms with Crippen LogP contribution >= 0.6 is 11.3 Å². The van der Waals surface area contributed by atoms with Gasteiger partial charge in [-0.25, -0.2) is 9.79 Å². The Morgan fingerprint density at radius 1 is 1.30 bits per heavy atom. The number of carbonyl (C=O) groups excluding carboxylic acids is 1. The van der Waals surface area contributed by atoms with Crippen LogP contribution in [0.5, 0.6) is 11.5 Å². The maximum absolute atomic E-state index is 12.0. The summed E-state index contributed by atoms with van der Waals surface area (Å²) in [5.41, 5.74) is 0.948. The van der Waals surface area contributed by atoms with Gasteiger partial charge in [-0.2, -0.15) is 0 Å². The quantitative estimate of drug-likeness (QED) is 0.622. The number of rotatable bonds is 5. The van der Waals surface area contributed by atoms with E-state index >= 15 is 0 Å². The summed E-state index contributed by atoms with van der Waals surface area (Å²) in [6.07, 6.45) is 1.71. The summed E-state index contributed by atoms with van der Waals surface area (Å²) in [6, 6.07) is 9.13. The lowest BCUT2D eigenvalue weighted by Crippen LogP contribution is -2.06. The molecule has 118 valence electrons. The first-order chi connectivity index (χ1) is 11.2. The highest BCUT2D eigenvalue weighted by atomic mass is 32.1. The van der Waals surface area contributed by atoms with Crippen LogP contribution in [-0.2, 0) is 9.53 Å². The third kappa shape index (κ3) is 3.27. The molecule has 1 aromatic carbocycles. The topological polar surface area (TPSA) is 57.1 Å². The highest BCUT2D eigenvalue weighted by Crippen LogP contribution is 2.30. The Labute approximate surface area is 137 Å². The summed E-state index contributed by atoms with van der Waals surface area (Å²) in [5.74, 6) is 1.01. The van der Waals surface area contributed by atoms with Gasteiger partial charge in [0, 0.05) is 10.4 Å². The average Bonchev–Trinajstić information content (AvgIpc) is 3.19. The van der Waals surface area contributed by atoms with E-state index in [1.807, 2.05) is 24.4 Å². The molecule has 0 amide bonds. The lowest BCUT2D eigenvalue weighted by atomic mass is 10.2. The second-order valence-corrected chi connectivity index (χ2v) is 5.63. The van der Waals surface area contributed by atoms with Gasteiger partial charge < -0.3 is 14.2 Å². The van der Waals surface area contributed by atoms with Gasteiger partial charge in [-0.15, -0.1) is 11.3 Å². The van der Waals surface area contributed by atoms with Crippen LogP contribution in [0.25, 0.3) is 6.08 Å². The van der Waals surface area contributed by atoms with E-state index in [0.717, 1.165) is 4.88 Å². The van der Waals surface area contributed by atoms with Gasteiger partial charge in [-0.05, 0) is 42.6 Å². The van der Waals surface area contributed by atoms with E-state index < -0.39 is 5.97 Å². The van der Waals surface area contributed by atoms with Gasteiger partial charge in [0.15, 0.2) is 17.2 Å². The van der Waals surface area contributed by atoms with Crippen molar-refractivity contribution in [2.24, 2.45) is 4.99 Å². The largest absolute Gasteiger partial charge is 0.493 e. The van der Waals surface area contributed by atoms with E-state index in [-0.39, 0.29) is 11.6 Å². The zero-order chi connectivity index (χ0) is 16.2. The molecule has 0 fully saturated rings. The molecule has 0 saturated heterocycles. The molecule has 0 radical (unpaired) electrons. The molecule has 6 heteroatoms. The van der Waals surface area contributed by atoms with E-state index in [1.54, 1.807) is 31.4 Å². The van der Waals surface area contributed by atoms with Crippen molar-refractivity contribution < 1.29 is 19.0 Å². The van der Waals surface area contributed by atoms with Gasteiger partial charge in [-0.1, -0.05) is 6.07 Å². The molecule has 0 N–H and O–H groups in total. The zero-order valence-electron chi connectivity index (χ0n) is 12.7. The van der Waals surface area contributed by atoms with Crippen molar-refractivity contribution >= 4 is 29.3 Å². The summed E-state index contributed by atoms with van der Waals surface area (Å²) in [5, 5.41) is 1.94. The molecule has 1 aliphatic heterocycles. The second-order valence-electron chi connectivity index (χ2n) is 4.65. The van der Waals surface area contributed by atoms with Crippen molar-refractivity contribution in [2.45, 2.75) is 6.92 Å². The molecule has 0 unspecified atom stereocenters. The van der Waals surface area contributed by atoms with Crippen molar-refractivity contribution in [1.82, 2.24) is 0 Å². The fourth-order valence-corrected chi connectivity index (χ4v) is 2.77. The maximum atomic E-state index is 12.0. The number of esters is 1. The van der Waals surface area contributed by atoms with Gasteiger partial charge >= 0.3 is 5.97 Å². The molecular weight excluding hydrogens is 314 g/mol. The van der Waals surface area contributed by atoms with Crippen LogP contribution in [0.4, 0.5) is 0 Å². The van der Waals surface area contributed by atoms with Gasteiger partial charge in [0.05, 0.1) is 13.7 Å². The van der Waals surface area contributed by atoms with Crippen molar-refractivity contribution in [3.05, 3.63) is 51.8 Å². The van der Waals surface area contributed by atoms with E-state index in [9.17, 15) is 4.79 Å². The van der Waals surface area contributed by atoms with Crippen LogP contribution in [0.3, 0.4) is 0 Å². The number of hydrogen-bond donors (Lipinski definition) is 0. The predicted octanol–water partition coefficient (Wildman–Crippen LogP) is 3.50. The third-order valence-corrected chi connectivity index (χ3v) is 3.97. The molecule has 0 atom stereocenters. The summed E-state index contributed by atoms with van der Waals surface area (Å²) in [6.45, 7) is 2.44. The number of aliphatic imine (C=N–C) groups is 1. The third-order valence-electron chi connectivity index (χ3n) is 3.15. The van der Waals surface area contributed by atoms with Crippen molar-refractivity contribution in [3.8, 4) is 11.5 Å². The molecule has 0 spiro atoms. The highest BCUT2D eigenvalue weighted by molar-refractivity contribution is 7.10. The van der Waals surface area contributed by atoms with Crippen LogP contribution < -0.4 is 9.47 Å². The molecular formula is C17H15NO4S. The number of cyclic esters (lactones) is 1. The van der Waals surface area contributed by atoms with Gasteiger partial charge in [0.25, 0.3) is 0 Å². The number of carbonyl (C=O) groups is 1. The highest BCUT2D eigenvalue weighted by Gasteiger charge is 2.25. The minimum Gasteiger partial charge on any atom is -0.493 e. The Balaban J connectivity index is 1.91. The normalized spacial score (nSPS) is 15.5. The molecule has 0 aliphatic carbocycles. The Bertz CT molecular complexity index is 778. The molecule has 0 bridgehead atoms. The second kappa shape index (κ2) is 6.66. The van der Waals surface area contributed by atoms with Crippen molar-refractivity contribution in [2.75, 3.05) is 13.7 Å². The summed E-state index contributed by atoms with van der Waals surface area (Å²) in [7, 11) is 1.56. The van der Waals surface area contributed by atoms with Gasteiger partial charge in [-0.3, -0.25) is 0 Å². The lowest BCUT2D eigenvalue weighted by molar-refractivity contribution is -0.129. The van der Waals surface area contributed by atoms with Gasteiger partial charge in [0.1, 0.15) is 0 Å². The maximum Gasteiger partial charge on any atom is 0.363 e. The Morgan fingerprint density at radius 3 is 2.87 bits per heavy atom. The minimum atomic E-state index is -0.457. The monoisotopic (exact) mass is 329 g/mol. The molecule has 1 aromatic heterocycles. The lowest BCUT2D eigenvalue weighted by Gasteiger charge is -2.10. The zero-order valence-corrected chi connectivity index (χ0v) is 13.6. The standard InChI is InChI=1S/C17H15NO4S/c1-3-21-14-7-6-11(9-15(14)20-2)16-18-13(17(19)22-16)10-12-5-4-8-23-12/h4-10H,3H2,1-2H3. The van der Waals surface area contributed by atoms with Crippen molar-refractivity contribution in [3.63, 3.8) is 0 Å². The van der Waals surface area contributed by atoms with E-state index in [1.165, 1.54) is 11.3 Å². The number of methoxy groups -OCH3 is 1. The number of nitrogens with zero attached hydrogens (tertiary/aromatic N) is 1. The Kier molecular flexibility index (Phi) is 4.43. The first-order valence-electron chi connectivity index (χ1n) is 7.08. The fraction of sp³-hybridized carbons (Fsp3) is 0.176. The van der Waals surface area contributed by atoms with E-state index in [0.29, 0.717) is 23.7 Å². The number of thiophene rings is 1. The predicted molar refractivity (Wildman–Crippen MR) is 89.1 cm³/mol. The summed E-state index contributed by atoms with van der Waals surface area (Å²) >= 11 is 1.53. The molecule has 5 nitrogen and oxygen atoms in total. The minimum absolute atomic E-state index is 0.263. The average molecular weight is 329 g/mol. The summed E-state index contributed by atoms with van der Waals surface area (Å²) in [4.78, 5) is 17.2. The van der Waals surface area contributed by atoms with Crippen LogP contribution in [0.2, 0.25) is 0 Å². The number of hydrogen-bond acceptors (Lipinski definition) is 6. The van der Waals surface area contributed by atoms with E-state index in [4.69, 9.17) is 14.2 Å². The van der Waals surface area contributed by atoms with E-state index in [2.05, 4.69) is 4.99 Å². The smallest absolute Gasteiger partial charge is 0.363 e. The number of benzene rings is 1. The molecule has 2 heterocycles. The summed E-state index contributed by atoms with van der Waals surface area (Å²) < 4.78 is 16.0. The molecule has 3 rings (SSSR count). The van der Waals surface area contributed by atoms with Crippen molar-refractivity contribution in [1.29, 1.82) is 0 Å². The molecule has 23 heavy (non-hydrogen) atoms. The van der Waals surface area contributed by atoms with Crippen LogP contribution in [0, 0.1) is 0 Å². The van der Waals surface area contributed by atoms with Crippen LogP contribution in [0.15, 0.2) is 46.4 Å². The molecule has 1 aliphatic rings. The Hall–Kier alpha value is -2.60. The SMILES string of the molecule is CCOc1ccc(C2=NC(=Cc3cccs3)C(=O)O2)cc1OC. The molecule has 0 saturated carbocycles. The first-order valence-corrected chi connectivity index (χ1v) is 7.96. The molecule has 2 aromatic rings. The van der Waals surface area contributed by atoms with Crippen LogP contribution in [-0.4, -0.2) is 25.6 Å². The number of ether oxygens (including phenoxy) is 3.